The van der Waals surface area contributed by atoms with Gasteiger partial charge in [-0.15, -0.1) is 0 Å². The molecule has 0 radical (unpaired) electrons. The Morgan fingerprint density at radius 3 is 2.85 bits per heavy atom. The van der Waals surface area contributed by atoms with Crippen LogP contribution >= 0.6 is 12.2 Å². The summed E-state index contributed by atoms with van der Waals surface area (Å²) in [4.78, 5) is 23.9. The minimum Gasteiger partial charge on any atom is -0.376 e. The van der Waals surface area contributed by atoms with Crippen LogP contribution in [-0.2, 0) is 13.6 Å². The van der Waals surface area contributed by atoms with Crippen LogP contribution in [0.25, 0.3) is 22.1 Å². The molecule has 3 aromatic rings. The number of nitrogens with two attached hydrogens (primary N) is 1. The first-order chi connectivity index (χ1) is 12.4. The molecule has 0 atom stereocenters. The van der Waals surface area contributed by atoms with Gasteiger partial charge < -0.3 is 25.1 Å². The van der Waals surface area contributed by atoms with Crippen molar-refractivity contribution in [3.05, 3.63) is 18.1 Å². The molecular weight excluding hydrogens is 350 g/mol. The summed E-state index contributed by atoms with van der Waals surface area (Å²) < 4.78 is 3.86. The molecule has 1 fully saturated rings. The first kappa shape index (κ1) is 16.8. The van der Waals surface area contributed by atoms with Crippen LogP contribution in [0.1, 0.15) is 30.3 Å². The van der Waals surface area contributed by atoms with E-state index in [9.17, 15) is 4.79 Å². The van der Waals surface area contributed by atoms with Gasteiger partial charge in [-0.3, -0.25) is 4.79 Å². The number of hydrogen-bond donors (Lipinski definition) is 2. The van der Waals surface area contributed by atoms with Crippen LogP contribution in [0, 0.1) is 0 Å². The number of thiocarbonyl (C=S) groups is 1. The summed E-state index contributed by atoms with van der Waals surface area (Å²) in [7, 11) is 3.78. The number of fused-ring (bicyclic) bond motifs is 3. The average Bonchev–Trinajstić information content (AvgIpc) is 3.28. The van der Waals surface area contributed by atoms with Gasteiger partial charge in [-0.1, -0.05) is 0 Å². The number of aryl methyl sites for hydroxylation is 2. The van der Waals surface area contributed by atoms with Gasteiger partial charge in [-0.25, -0.2) is 9.97 Å². The highest BCUT2D eigenvalue weighted by molar-refractivity contribution is 7.80. The zero-order chi connectivity index (χ0) is 18.6. The third-order valence-corrected chi connectivity index (χ3v) is 5.00. The summed E-state index contributed by atoms with van der Waals surface area (Å²) in [5.41, 5.74) is 8.57. The number of carbonyl (C=O) groups is 1. The molecule has 0 aliphatic heterocycles. The summed E-state index contributed by atoms with van der Waals surface area (Å²) in [5, 5.41) is 3.93. The van der Waals surface area contributed by atoms with E-state index in [1.54, 1.807) is 6.33 Å². The number of aromatic nitrogens is 4. The van der Waals surface area contributed by atoms with E-state index in [1.807, 2.05) is 41.1 Å². The number of pyridine rings is 1. The second kappa shape index (κ2) is 5.94. The first-order valence-corrected chi connectivity index (χ1v) is 9.01. The molecule has 3 heterocycles. The minimum absolute atomic E-state index is 0.0199. The molecule has 0 saturated heterocycles. The van der Waals surface area contributed by atoms with Crippen LogP contribution in [0.4, 0.5) is 5.82 Å². The van der Waals surface area contributed by atoms with Crippen molar-refractivity contribution in [2.45, 2.75) is 32.4 Å². The van der Waals surface area contributed by atoms with E-state index < -0.39 is 0 Å². The molecule has 8 nitrogen and oxygen atoms in total. The fraction of sp³-hybridized carbons (Fsp3) is 0.412. The van der Waals surface area contributed by atoms with Gasteiger partial charge in [-0.05, 0) is 38.0 Å². The fourth-order valence-corrected chi connectivity index (χ4v) is 3.52. The maximum Gasteiger partial charge on any atom is 0.270 e. The lowest BCUT2D eigenvalue weighted by Gasteiger charge is -2.17. The molecule has 0 aromatic carbocycles. The predicted molar refractivity (Wildman–Crippen MR) is 105 cm³/mol. The Hall–Kier alpha value is -2.68. The van der Waals surface area contributed by atoms with Gasteiger partial charge in [0, 0.05) is 32.1 Å². The van der Waals surface area contributed by atoms with Gasteiger partial charge in [0.15, 0.2) is 10.9 Å². The Balaban J connectivity index is 1.98. The van der Waals surface area contributed by atoms with E-state index >= 15 is 0 Å². The normalized spacial score (nSPS) is 14.1. The van der Waals surface area contributed by atoms with Crippen LogP contribution in [0.2, 0.25) is 0 Å². The van der Waals surface area contributed by atoms with Gasteiger partial charge in [0.1, 0.15) is 16.9 Å². The van der Waals surface area contributed by atoms with Crippen molar-refractivity contribution >= 4 is 51.1 Å². The minimum atomic E-state index is 0.0199. The Morgan fingerprint density at radius 2 is 2.23 bits per heavy atom. The molecule has 136 valence electrons. The van der Waals surface area contributed by atoms with E-state index in [2.05, 4.69) is 15.3 Å². The van der Waals surface area contributed by atoms with Gasteiger partial charge in [0.2, 0.25) is 0 Å². The Bertz CT molecular complexity index is 1050. The van der Waals surface area contributed by atoms with Crippen molar-refractivity contribution in [3.8, 4) is 0 Å². The zero-order valence-electron chi connectivity index (χ0n) is 15.0. The quantitative estimate of drug-likeness (QED) is 0.680. The second-order valence-electron chi connectivity index (χ2n) is 6.66. The monoisotopic (exact) mass is 371 g/mol. The summed E-state index contributed by atoms with van der Waals surface area (Å²) in [6, 6.07) is 2.27. The van der Waals surface area contributed by atoms with E-state index in [-0.39, 0.29) is 11.0 Å². The predicted octanol–water partition coefficient (Wildman–Crippen LogP) is 1.83. The maximum atomic E-state index is 13.0. The molecular formula is C17H21N7OS. The van der Waals surface area contributed by atoms with E-state index in [4.69, 9.17) is 18.0 Å². The summed E-state index contributed by atoms with van der Waals surface area (Å²) in [6.45, 7) is 2.63. The van der Waals surface area contributed by atoms with Crippen molar-refractivity contribution in [1.82, 2.24) is 24.0 Å². The highest BCUT2D eigenvalue weighted by Crippen LogP contribution is 2.32. The van der Waals surface area contributed by atoms with Crippen LogP contribution in [0.5, 0.6) is 0 Å². The molecule has 0 spiro atoms. The van der Waals surface area contributed by atoms with Gasteiger partial charge >= 0.3 is 0 Å². The number of rotatable bonds is 4. The SMILES string of the molecule is CCn1c(C(=O)N(C)C2CC2)cc2c3c(ncn3C)c(NC(N)=S)nc21. The molecule has 0 bridgehead atoms. The van der Waals surface area contributed by atoms with Gasteiger partial charge in [0.05, 0.1) is 11.8 Å². The molecule has 3 N–H and O–H groups in total. The van der Waals surface area contributed by atoms with Crippen molar-refractivity contribution in [2.24, 2.45) is 12.8 Å². The molecule has 1 amide bonds. The lowest BCUT2D eigenvalue weighted by Crippen LogP contribution is -2.30. The van der Waals surface area contributed by atoms with Crippen LogP contribution in [-0.4, -0.2) is 48.1 Å². The largest absolute Gasteiger partial charge is 0.376 e. The van der Waals surface area contributed by atoms with Crippen molar-refractivity contribution in [3.63, 3.8) is 0 Å². The van der Waals surface area contributed by atoms with Crippen LogP contribution < -0.4 is 11.1 Å². The molecule has 0 unspecified atom stereocenters. The molecule has 26 heavy (non-hydrogen) atoms. The number of carbonyl (C=O) groups excluding carboxylic acids is 1. The summed E-state index contributed by atoms with van der Waals surface area (Å²) in [6.07, 6.45) is 3.86. The number of amides is 1. The summed E-state index contributed by atoms with van der Waals surface area (Å²) in [5.74, 6) is 0.523. The molecule has 3 aromatic heterocycles. The van der Waals surface area contributed by atoms with Gasteiger partial charge in [-0.2, -0.15) is 0 Å². The number of anilines is 1. The second-order valence-corrected chi connectivity index (χ2v) is 7.10. The highest BCUT2D eigenvalue weighted by atomic mass is 32.1. The molecule has 1 aliphatic carbocycles. The Morgan fingerprint density at radius 1 is 1.50 bits per heavy atom. The Kier molecular flexibility index (Phi) is 3.83. The lowest BCUT2D eigenvalue weighted by molar-refractivity contribution is 0.0775. The Labute approximate surface area is 156 Å². The topological polar surface area (TPSA) is 94.0 Å². The van der Waals surface area contributed by atoms with E-state index in [0.29, 0.717) is 29.6 Å². The number of nitrogens with zero attached hydrogens (tertiary/aromatic N) is 5. The standard InChI is InChI=1S/C17H21N7OS/c1-4-24-11(16(25)23(3)9-5-6-9)7-10-13-12(19-8-22(13)2)14(20-15(10)24)21-17(18)26/h7-9H,4-6H2,1-3H3,(H3,18,20,21,26). The molecule has 4 rings (SSSR count). The lowest BCUT2D eigenvalue weighted by atomic mass is 10.2. The first-order valence-electron chi connectivity index (χ1n) is 8.60. The number of imidazole rings is 1. The average molecular weight is 371 g/mol. The van der Waals surface area contributed by atoms with Crippen molar-refractivity contribution in [2.75, 3.05) is 12.4 Å². The maximum absolute atomic E-state index is 13.0. The molecule has 1 aliphatic rings. The van der Waals surface area contributed by atoms with Gasteiger partial charge in [0.25, 0.3) is 5.91 Å². The van der Waals surface area contributed by atoms with Crippen LogP contribution in [0.3, 0.4) is 0 Å². The number of nitrogens with one attached hydrogen (secondary N) is 1. The van der Waals surface area contributed by atoms with E-state index in [0.717, 1.165) is 29.4 Å². The smallest absolute Gasteiger partial charge is 0.270 e. The number of hydrogen-bond acceptors (Lipinski definition) is 4. The third kappa shape index (κ3) is 2.50. The van der Waals surface area contributed by atoms with Crippen LogP contribution in [0.15, 0.2) is 12.4 Å². The fourth-order valence-electron chi connectivity index (χ4n) is 3.42. The highest BCUT2D eigenvalue weighted by Gasteiger charge is 2.32. The zero-order valence-corrected chi connectivity index (χ0v) is 15.8. The molecule has 9 heteroatoms. The van der Waals surface area contributed by atoms with Crippen molar-refractivity contribution in [1.29, 1.82) is 0 Å². The van der Waals surface area contributed by atoms with Crippen molar-refractivity contribution < 1.29 is 4.79 Å². The summed E-state index contributed by atoms with van der Waals surface area (Å²) >= 11 is 4.97. The molecule has 1 saturated carbocycles. The van der Waals surface area contributed by atoms with E-state index in [1.165, 1.54) is 0 Å². The third-order valence-electron chi connectivity index (χ3n) is 4.89.